The first-order valence-electron chi connectivity index (χ1n) is 11.0. The Morgan fingerprint density at radius 3 is 2.58 bits per heavy atom. The summed E-state index contributed by atoms with van der Waals surface area (Å²) in [5.41, 5.74) is 5.39. The molecule has 0 bridgehead atoms. The van der Waals surface area contributed by atoms with Crippen LogP contribution in [0.25, 0.3) is 10.9 Å². The molecule has 0 aliphatic heterocycles. The summed E-state index contributed by atoms with van der Waals surface area (Å²) in [4.78, 5) is 29.0. The lowest BCUT2D eigenvalue weighted by Gasteiger charge is -2.38. The van der Waals surface area contributed by atoms with Gasteiger partial charge in [0.25, 0.3) is 5.91 Å². The number of pyridine rings is 2. The molecule has 3 N–H and O–H groups in total. The molecule has 170 valence electrons. The van der Waals surface area contributed by atoms with Crippen molar-refractivity contribution in [3.63, 3.8) is 0 Å². The number of primary amides is 1. The number of aromatic nitrogens is 2. The fourth-order valence-corrected chi connectivity index (χ4v) is 5.02. The quantitative estimate of drug-likeness (QED) is 0.705. The molecule has 0 radical (unpaired) electrons. The van der Waals surface area contributed by atoms with Crippen molar-refractivity contribution in [2.24, 2.45) is 23.5 Å². The Morgan fingerprint density at radius 2 is 1.90 bits per heavy atom. The number of carbonyl (C=O) groups excluding carboxylic acids is 1. The second-order valence-corrected chi connectivity index (χ2v) is 8.75. The van der Waals surface area contributed by atoms with E-state index in [-0.39, 0.29) is 36.0 Å². The molecule has 0 aromatic carbocycles. The topological polar surface area (TPSA) is 88.8 Å². The van der Waals surface area contributed by atoms with E-state index in [1.165, 1.54) is 31.3 Å². The molecule has 1 unspecified atom stereocenters. The van der Waals surface area contributed by atoms with Crippen LogP contribution in [0.3, 0.4) is 0 Å². The molecule has 0 saturated heterocycles. The molecular formula is C23H30F3N3O2. The fraction of sp³-hybridized carbons (Fsp3) is 0.609. The Labute approximate surface area is 179 Å². The number of amides is 1. The number of alkyl halides is 3. The van der Waals surface area contributed by atoms with Crippen LogP contribution in [0.2, 0.25) is 0 Å². The first-order chi connectivity index (χ1) is 14.8. The van der Waals surface area contributed by atoms with Gasteiger partial charge in [-0.3, -0.25) is 19.0 Å². The molecule has 2 saturated carbocycles. The Morgan fingerprint density at radius 1 is 1.16 bits per heavy atom. The van der Waals surface area contributed by atoms with Crippen LogP contribution in [0.5, 0.6) is 0 Å². The highest BCUT2D eigenvalue weighted by Crippen LogP contribution is 2.44. The number of aromatic amines is 1. The number of rotatable bonds is 4. The number of nitrogens with two attached hydrogens (primary N) is 1. The van der Waals surface area contributed by atoms with Gasteiger partial charge in [0.05, 0.1) is 17.6 Å². The second-order valence-electron chi connectivity index (χ2n) is 8.75. The van der Waals surface area contributed by atoms with E-state index in [2.05, 4.69) is 9.97 Å². The molecule has 8 heteroatoms. The first-order valence-corrected chi connectivity index (χ1v) is 11.0. The van der Waals surface area contributed by atoms with Crippen LogP contribution in [0.4, 0.5) is 13.2 Å². The molecule has 1 amide bonds. The summed E-state index contributed by atoms with van der Waals surface area (Å²) >= 11 is 0. The van der Waals surface area contributed by atoms with E-state index >= 15 is 0 Å². The van der Waals surface area contributed by atoms with E-state index in [1.54, 1.807) is 6.07 Å². The summed E-state index contributed by atoms with van der Waals surface area (Å²) in [6.45, 7) is -0.222. The van der Waals surface area contributed by atoms with Gasteiger partial charge >= 0.3 is 0 Å². The number of carbonyl (C=O) groups is 1. The minimum absolute atomic E-state index is 0.00403. The van der Waals surface area contributed by atoms with Crippen molar-refractivity contribution in [3.8, 4) is 0 Å². The molecule has 2 heterocycles. The molecule has 31 heavy (non-hydrogen) atoms. The van der Waals surface area contributed by atoms with Crippen LogP contribution >= 0.6 is 0 Å². The minimum Gasteiger partial charge on any atom is -0.364 e. The molecule has 2 fully saturated rings. The van der Waals surface area contributed by atoms with E-state index in [9.17, 15) is 22.8 Å². The van der Waals surface area contributed by atoms with Gasteiger partial charge in [0.1, 0.15) is 5.69 Å². The van der Waals surface area contributed by atoms with Crippen LogP contribution in [0.1, 0.15) is 68.3 Å². The summed E-state index contributed by atoms with van der Waals surface area (Å²) in [7, 11) is 0. The summed E-state index contributed by atoms with van der Waals surface area (Å²) in [5.74, 6) is -1.52. The summed E-state index contributed by atoms with van der Waals surface area (Å²) in [6, 6.07) is 2.94. The number of nitrogens with one attached hydrogen (secondary N) is 1. The van der Waals surface area contributed by atoms with Crippen molar-refractivity contribution in [3.05, 3.63) is 40.4 Å². The highest BCUT2D eigenvalue weighted by atomic mass is 19.3. The molecule has 0 spiro atoms. The van der Waals surface area contributed by atoms with Crippen LogP contribution in [-0.2, 0) is 0 Å². The van der Waals surface area contributed by atoms with Gasteiger partial charge in [-0.25, -0.2) is 8.78 Å². The second kappa shape index (κ2) is 10.3. The third-order valence-corrected chi connectivity index (χ3v) is 6.67. The van der Waals surface area contributed by atoms with Crippen LogP contribution in [0.15, 0.2) is 29.3 Å². The van der Waals surface area contributed by atoms with Crippen LogP contribution < -0.4 is 11.2 Å². The summed E-state index contributed by atoms with van der Waals surface area (Å²) < 4.78 is 38.5. The van der Waals surface area contributed by atoms with Gasteiger partial charge in [0.2, 0.25) is 5.92 Å². The molecule has 2 aliphatic carbocycles. The molecule has 2 atom stereocenters. The lowest BCUT2D eigenvalue weighted by molar-refractivity contribution is -0.0556. The summed E-state index contributed by atoms with van der Waals surface area (Å²) in [6.07, 6.45) is 9.70. The maximum atomic E-state index is 13.1. The zero-order chi connectivity index (χ0) is 22.4. The standard InChI is InChI=1S/C14H23F3.C9H7N3O2/c15-9-6-11-2-1-3-13(10-11)12-4-7-14(16,17)8-5-12;10-9(14)8-7-5(1-3-12-8)11-4-2-6(7)13/h11-13H,1-10H2;1-4H,(H2,10,14)(H,11,13)/t11-,13?;/m1./s1. The average molecular weight is 438 g/mol. The molecule has 2 aromatic rings. The Balaban J connectivity index is 0.000000179. The van der Waals surface area contributed by atoms with Gasteiger partial charge in [-0.2, -0.15) is 0 Å². The fourth-order valence-electron chi connectivity index (χ4n) is 5.02. The van der Waals surface area contributed by atoms with Crippen molar-refractivity contribution in [2.45, 2.75) is 63.7 Å². The number of fused-ring (bicyclic) bond motifs is 1. The van der Waals surface area contributed by atoms with Crippen molar-refractivity contribution in [1.82, 2.24) is 9.97 Å². The smallest absolute Gasteiger partial charge is 0.268 e. The molecule has 5 nitrogen and oxygen atoms in total. The number of H-pyrrole nitrogens is 1. The monoisotopic (exact) mass is 437 g/mol. The number of nitrogens with zero attached hydrogens (tertiary/aromatic N) is 1. The first kappa shape index (κ1) is 23.3. The normalized spacial score (nSPS) is 23.7. The molecule has 2 aliphatic rings. The van der Waals surface area contributed by atoms with Gasteiger partial charge in [0.15, 0.2) is 5.43 Å². The predicted octanol–water partition coefficient (Wildman–Crippen LogP) is 5.00. The maximum absolute atomic E-state index is 13.1. The Bertz CT molecular complexity index is 930. The minimum atomic E-state index is -2.41. The van der Waals surface area contributed by atoms with Gasteiger partial charge < -0.3 is 10.7 Å². The van der Waals surface area contributed by atoms with Crippen molar-refractivity contribution in [1.29, 1.82) is 0 Å². The van der Waals surface area contributed by atoms with Crippen molar-refractivity contribution in [2.75, 3.05) is 6.67 Å². The van der Waals surface area contributed by atoms with Crippen LogP contribution in [0, 0.1) is 17.8 Å². The number of hydrogen-bond donors (Lipinski definition) is 2. The Hall–Kier alpha value is -2.38. The zero-order valence-corrected chi connectivity index (χ0v) is 17.6. The van der Waals surface area contributed by atoms with E-state index < -0.39 is 11.8 Å². The highest BCUT2D eigenvalue weighted by molar-refractivity contribution is 6.03. The number of hydrogen-bond acceptors (Lipinski definition) is 3. The van der Waals surface area contributed by atoms with Gasteiger partial charge in [-0.15, -0.1) is 0 Å². The third-order valence-electron chi connectivity index (χ3n) is 6.67. The van der Waals surface area contributed by atoms with E-state index in [4.69, 9.17) is 5.73 Å². The van der Waals surface area contributed by atoms with E-state index in [0.29, 0.717) is 42.5 Å². The zero-order valence-electron chi connectivity index (χ0n) is 17.6. The maximum Gasteiger partial charge on any atom is 0.268 e. The van der Waals surface area contributed by atoms with Gasteiger partial charge in [-0.05, 0) is 49.5 Å². The van der Waals surface area contributed by atoms with Gasteiger partial charge in [-0.1, -0.05) is 19.3 Å². The molecule has 4 rings (SSSR count). The third kappa shape index (κ3) is 6.08. The molecular weight excluding hydrogens is 407 g/mol. The van der Waals surface area contributed by atoms with Crippen molar-refractivity contribution >= 4 is 16.8 Å². The largest absolute Gasteiger partial charge is 0.364 e. The number of halogens is 3. The van der Waals surface area contributed by atoms with E-state index in [1.807, 2.05) is 0 Å². The SMILES string of the molecule is FCC[C@H]1CCCC(C2CCC(F)(F)CC2)C1.NC(=O)c1nccc2[nH]ccc(=O)c12. The predicted molar refractivity (Wildman–Crippen MR) is 114 cm³/mol. The van der Waals surface area contributed by atoms with Crippen LogP contribution in [-0.4, -0.2) is 28.5 Å². The average Bonchev–Trinajstić information content (AvgIpc) is 2.74. The van der Waals surface area contributed by atoms with Gasteiger partial charge in [0, 0.05) is 31.3 Å². The summed E-state index contributed by atoms with van der Waals surface area (Å²) in [5, 5.41) is 0.238. The lowest BCUT2D eigenvalue weighted by Crippen LogP contribution is -2.31. The lowest BCUT2D eigenvalue weighted by atomic mass is 9.69. The Kier molecular flexibility index (Phi) is 7.73. The highest BCUT2D eigenvalue weighted by Gasteiger charge is 2.38. The van der Waals surface area contributed by atoms with Crippen molar-refractivity contribution < 1.29 is 18.0 Å². The molecule has 2 aromatic heterocycles. The van der Waals surface area contributed by atoms with E-state index in [0.717, 1.165) is 12.8 Å².